The van der Waals surface area contributed by atoms with Crippen LogP contribution < -0.4 is 5.73 Å². The summed E-state index contributed by atoms with van der Waals surface area (Å²) < 4.78 is 39.8. The van der Waals surface area contributed by atoms with Crippen molar-refractivity contribution >= 4 is 0 Å². The first-order chi connectivity index (χ1) is 8.88. The maximum atomic E-state index is 12.8. The molecule has 2 rings (SSSR count). The SMILES string of the molecule is CC(N)c1cn(Cc2ccccc2C(F)(F)F)nn1. The van der Waals surface area contributed by atoms with E-state index in [-0.39, 0.29) is 18.2 Å². The van der Waals surface area contributed by atoms with Gasteiger partial charge in [0.25, 0.3) is 0 Å². The first-order valence-electron chi connectivity index (χ1n) is 5.68. The molecule has 1 unspecified atom stereocenters. The van der Waals surface area contributed by atoms with Crippen LogP contribution in [0.4, 0.5) is 13.2 Å². The van der Waals surface area contributed by atoms with E-state index >= 15 is 0 Å². The van der Waals surface area contributed by atoms with Crippen molar-refractivity contribution in [2.75, 3.05) is 0 Å². The lowest BCUT2D eigenvalue weighted by Crippen LogP contribution is -2.12. The normalized spacial score (nSPS) is 13.5. The van der Waals surface area contributed by atoms with Gasteiger partial charge in [-0.3, -0.25) is 0 Å². The van der Waals surface area contributed by atoms with Gasteiger partial charge in [0.05, 0.1) is 24.0 Å². The van der Waals surface area contributed by atoms with E-state index in [1.165, 1.54) is 16.8 Å². The van der Waals surface area contributed by atoms with E-state index < -0.39 is 11.7 Å². The molecule has 1 aromatic carbocycles. The highest BCUT2D eigenvalue weighted by Crippen LogP contribution is 2.32. The number of halogens is 3. The average molecular weight is 270 g/mol. The van der Waals surface area contributed by atoms with Crippen LogP contribution in [0.15, 0.2) is 30.5 Å². The molecule has 2 N–H and O–H groups in total. The van der Waals surface area contributed by atoms with Gasteiger partial charge in [-0.05, 0) is 18.6 Å². The Labute approximate surface area is 108 Å². The van der Waals surface area contributed by atoms with Crippen molar-refractivity contribution in [3.8, 4) is 0 Å². The minimum absolute atomic E-state index is 0.00933. The summed E-state index contributed by atoms with van der Waals surface area (Å²) in [6, 6.07) is 5.11. The van der Waals surface area contributed by atoms with E-state index in [1.807, 2.05) is 0 Å². The second-order valence-corrected chi connectivity index (χ2v) is 4.28. The molecule has 7 heteroatoms. The van der Waals surface area contributed by atoms with Gasteiger partial charge < -0.3 is 5.73 Å². The predicted octanol–water partition coefficient (Wildman–Crippen LogP) is 2.36. The van der Waals surface area contributed by atoms with Crippen molar-refractivity contribution in [1.82, 2.24) is 15.0 Å². The van der Waals surface area contributed by atoms with Crippen LogP contribution in [0.5, 0.6) is 0 Å². The molecule has 1 atom stereocenters. The van der Waals surface area contributed by atoms with Crippen LogP contribution in [-0.4, -0.2) is 15.0 Å². The van der Waals surface area contributed by atoms with Crippen LogP contribution in [0.3, 0.4) is 0 Å². The zero-order chi connectivity index (χ0) is 14.0. The molecule has 0 amide bonds. The molecule has 0 radical (unpaired) electrons. The fourth-order valence-electron chi connectivity index (χ4n) is 1.71. The maximum absolute atomic E-state index is 12.8. The van der Waals surface area contributed by atoms with E-state index in [0.29, 0.717) is 5.69 Å². The summed E-state index contributed by atoms with van der Waals surface area (Å²) in [5, 5.41) is 7.59. The molecule has 0 aliphatic heterocycles. The monoisotopic (exact) mass is 270 g/mol. The molecule has 0 fully saturated rings. The lowest BCUT2D eigenvalue weighted by atomic mass is 10.1. The van der Waals surface area contributed by atoms with Gasteiger partial charge in [0.1, 0.15) is 0 Å². The summed E-state index contributed by atoms with van der Waals surface area (Å²) in [5.74, 6) is 0. The van der Waals surface area contributed by atoms with Crippen LogP contribution >= 0.6 is 0 Å². The number of nitrogens with two attached hydrogens (primary N) is 1. The molecule has 0 spiro atoms. The highest BCUT2D eigenvalue weighted by Gasteiger charge is 2.32. The Bertz CT molecular complexity index is 560. The third-order valence-electron chi connectivity index (χ3n) is 2.68. The van der Waals surface area contributed by atoms with Gasteiger partial charge in [-0.25, -0.2) is 4.68 Å². The van der Waals surface area contributed by atoms with Gasteiger partial charge in [-0.2, -0.15) is 13.2 Å². The number of alkyl halides is 3. The smallest absolute Gasteiger partial charge is 0.323 e. The molecule has 4 nitrogen and oxygen atoms in total. The number of hydrogen-bond donors (Lipinski definition) is 1. The Balaban J connectivity index is 2.28. The number of nitrogens with zero attached hydrogens (tertiary/aromatic N) is 3. The fraction of sp³-hybridized carbons (Fsp3) is 0.333. The van der Waals surface area contributed by atoms with Crippen LogP contribution in [0, 0.1) is 0 Å². The Morgan fingerprint density at radius 1 is 1.32 bits per heavy atom. The number of rotatable bonds is 3. The summed E-state index contributed by atoms with van der Waals surface area (Å²) >= 11 is 0. The summed E-state index contributed by atoms with van der Waals surface area (Å²) in [7, 11) is 0. The zero-order valence-electron chi connectivity index (χ0n) is 10.2. The fourth-order valence-corrected chi connectivity index (χ4v) is 1.71. The Morgan fingerprint density at radius 3 is 2.58 bits per heavy atom. The van der Waals surface area contributed by atoms with E-state index in [9.17, 15) is 13.2 Å². The van der Waals surface area contributed by atoms with E-state index in [0.717, 1.165) is 6.07 Å². The first kappa shape index (κ1) is 13.5. The molecular formula is C12H13F3N4. The highest BCUT2D eigenvalue weighted by atomic mass is 19.4. The van der Waals surface area contributed by atoms with Gasteiger partial charge in [0.15, 0.2) is 0 Å². The second-order valence-electron chi connectivity index (χ2n) is 4.28. The summed E-state index contributed by atoms with van der Waals surface area (Å²) in [4.78, 5) is 0. The molecule has 0 saturated carbocycles. The van der Waals surface area contributed by atoms with Gasteiger partial charge in [0.2, 0.25) is 0 Å². The van der Waals surface area contributed by atoms with Gasteiger partial charge >= 0.3 is 6.18 Å². The minimum atomic E-state index is -4.37. The second kappa shape index (κ2) is 5.00. The van der Waals surface area contributed by atoms with Crippen LogP contribution in [0.25, 0.3) is 0 Å². The third kappa shape index (κ3) is 3.11. The molecule has 0 saturated heterocycles. The average Bonchev–Trinajstić information content (AvgIpc) is 2.77. The van der Waals surface area contributed by atoms with E-state index in [4.69, 9.17) is 5.73 Å². The molecular weight excluding hydrogens is 257 g/mol. The van der Waals surface area contributed by atoms with Crippen LogP contribution in [0.1, 0.15) is 29.8 Å². The molecule has 0 bridgehead atoms. The zero-order valence-corrected chi connectivity index (χ0v) is 10.2. The largest absolute Gasteiger partial charge is 0.416 e. The number of benzene rings is 1. The summed E-state index contributed by atoms with van der Waals surface area (Å²) in [6.45, 7) is 1.74. The van der Waals surface area contributed by atoms with Crippen LogP contribution in [0.2, 0.25) is 0 Å². The number of hydrogen-bond acceptors (Lipinski definition) is 3. The minimum Gasteiger partial charge on any atom is -0.323 e. The van der Waals surface area contributed by atoms with Crippen LogP contribution in [-0.2, 0) is 12.7 Å². The molecule has 19 heavy (non-hydrogen) atoms. The van der Waals surface area contributed by atoms with Crippen molar-refractivity contribution in [2.24, 2.45) is 5.73 Å². The molecule has 1 aromatic heterocycles. The van der Waals surface area contributed by atoms with E-state index in [2.05, 4.69) is 10.3 Å². The van der Waals surface area contributed by atoms with Gasteiger partial charge in [-0.1, -0.05) is 23.4 Å². The predicted molar refractivity (Wildman–Crippen MR) is 63.2 cm³/mol. The topological polar surface area (TPSA) is 56.7 Å². The molecule has 1 heterocycles. The summed E-state index contributed by atoms with van der Waals surface area (Å²) in [6.07, 6.45) is -2.82. The third-order valence-corrected chi connectivity index (χ3v) is 2.68. The quantitative estimate of drug-likeness (QED) is 0.931. The summed E-state index contributed by atoms with van der Waals surface area (Å²) in [5.41, 5.74) is 5.66. The highest BCUT2D eigenvalue weighted by molar-refractivity contribution is 5.29. The molecule has 102 valence electrons. The van der Waals surface area contributed by atoms with Gasteiger partial charge in [-0.15, -0.1) is 5.10 Å². The van der Waals surface area contributed by atoms with Crippen molar-refractivity contribution in [3.05, 3.63) is 47.3 Å². The van der Waals surface area contributed by atoms with Gasteiger partial charge in [0, 0.05) is 6.04 Å². The molecule has 0 aliphatic rings. The van der Waals surface area contributed by atoms with E-state index in [1.54, 1.807) is 19.2 Å². The lowest BCUT2D eigenvalue weighted by molar-refractivity contribution is -0.138. The molecule has 2 aromatic rings. The standard InChI is InChI=1S/C12H13F3N4/c1-8(16)11-7-19(18-17-11)6-9-4-2-3-5-10(9)12(13,14)15/h2-5,7-8H,6,16H2,1H3. The number of aromatic nitrogens is 3. The Morgan fingerprint density at radius 2 is 2.00 bits per heavy atom. The Hall–Kier alpha value is -1.89. The van der Waals surface area contributed by atoms with Crippen molar-refractivity contribution < 1.29 is 13.2 Å². The Kier molecular flexibility index (Phi) is 3.57. The first-order valence-corrected chi connectivity index (χ1v) is 5.68. The van der Waals surface area contributed by atoms with Crippen molar-refractivity contribution in [1.29, 1.82) is 0 Å². The van der Waals surface area contributed by atoms with Crippen molar-refractivity contribution in [2.45, 2.75) is 25.7 Å². The maximum Gasteiger partial charge on any atom is 0.416 e. The lowest BCUT2D eigenvalue weighted by Gasteiger charge is -2.12. The molecule has 0 aliphatic carbocycles. The van der Waals surface area contributed by atoms with Crippen molar-refractivity contribution in [3.63, 3.8) is 0 Å².